The van der Waals surface area contributed by atoms with E-state index < -0.39 is 0 Å². The Morgan fingerprint density at radius 3 is 1.62 bits per heavy atom. The van der Waals surface area contributed by atoms with Crippen molar-refractivity contribution in [1.29, 1.82) is 0 Å². The molecule has 0 radical (unpaired) electrons. The molecular weight excluding hydrogens is 356 g/mol. The third-order valence-electron chi connectivity index (χ3n) is 6.14. The minimum atomic E-state index is 0.350. The summed E-state index contributed by atoms with van der Waals surface area (Å²) in [5, 5.41) is 0. The predicted molar refractivity (Wildman–Crippen MR) is 129 cm³/mol. The fraction of sp³-hybridized carbons (Fsp3) is 0.962. The Morgan fingerprint density at radius 1 is 0.655 bits per heavy atom. The number of unbranched alkanes of at least 4 members (excludes halogenated alkanes) is 13. The Bertz CT molecular complexity index is 346. The number of carbonyl (C=O) groups excluding carboxylic acids is 1. The molecule has 29 heavy (non-hydrogen) atoms. The van der Waals surface area contributed by atoms with Crippen LogP contribution in [0.3, 0.4) is 0 Å². The molecule has 1 atom stereocenters. The summed E-state index contributed by atoms with van der Waals surface area (Å²) in [5.41, 5.74) is 5.86. The molecule has 0 aliphatic carbocycles. The minimum absolute atomic E-state index is 0.350. The van der Waals surface area contributed by atoms with Crippen LogP contribution in [0.5, 0.6) is 0 Å². The molecule has 0 bridgehead atoms. The minimum Gasteiger partial charge on any atom is -0.338 e. The number of nitrogens with zero attached hydrogens (tertiary/aromatic N) is 1. The normalized spacial score (nSPS) is 12.3. The molecule has 0 fully saturated rings. The van der Waals surface area contributed by atoms with Gasteiger partial charge in [0, 0.05) is 25.6 Å². The van der Waals surface area contributed by atoms with Crippen LogP contribution in [-0.2, 0) is 4.79 Å². The van der Waals surface area contributed by atoms with Crippen molar-refractivity contribution in [2.24, 2.45) is 5.73 Å². The predicted octanol–water partition coefficient (Wildman–Crippen LogP) is 7.61. The SMILES string of the molecule is CCCCCCCCCCCC(=O)N(CCN)C(CCC)CCCCCCCC. The zero-order valence-electron chi connectivity index (χ0n) is 20.4. The maximum Gasteiger partial charge on any atom is 0.222 e. The van der Waals surface area contributed by atoms with E-state index in [4.69, 9.17) is 5.73 Å². The number of nitrogens with two attached hydrogens (primary N) is 1. The maximum atomic E-state index is 12.9. The first-order chi connectivity index (χ1) is 14.2. The monoisotopic (exact) mass is 410 g/mol. The third kappa shape index (κ3) is 16.9. The van der Waals surface area contributed by atoms with Crippen molar-refractivity contribution in [2.45, 2.75) is 149 Å². The summed E-state index contributed by atoms with van der Waals surface area (Å²) in [6, 6.07) is 0.404. The van der Waals surface area contributed by atoms with Gasteiger partial charge in [-0.3, -0.25) is 4.79 Å². The van der Waals surface area contributed by atoms with Crippen molar-refractivity contribution in [3.63, 3.8) is 0 Å². The molecule has 0 aromatic carbocycles. The molecule has 174 valence electrons. The van der Waals surface area contributed by atoms with Crippen LogP contribution in [0.4, 0.5) is 0 Å². The Balaban J connectivity index is 4.16. The fourth-order valence-corrected chi connectivity index (χ4v) is 4.33. The van der Waals surface area contributed by atoms with Gasteiger partial charge in [0.05, 0.1) is 0 Å². The largest absolute Gasteiger partial charge is 0.338 e. The van der Waals surface area contributed by atoms with E-state index in [-0.39, 0.29) is 0 Å². The van der Waals surface area contributed by atoms with E-state index in [0.29, 0.717) is 24.9 Å². The van der Waals surface area contributed by atoms with Gasteiger partial charge in [0.2, 0.25) is 5.91 Å². The molecule has 3 heteroatoms. The highest BCUT2D eigenvalue weighted by molar-refractivity contribution is 5.76. The molecule has 1 amide bonds. The Labute approximate surface area is 183 Å². The lowest BCUT2D eigenvalue weighted by atomic mass is 10.00. The molecule has 1 unspecified atom stereocenters. The molecule has 3 nitrogen and oxygen atoms in total. The van der Waals surface area contributed by atoms with Crippen molar-refractivity contribution in [1.82, 2.24) is 4.90 Å². The summed E-state index contributed by atoms with van der Waals surface area (Å²) >= 11 is 0. The second-order valence-corrected chi connectivity index (χ2v) is 8.95. The number of amides is 1. The lowest BCUT2D eigenvalue weighted by Crippen LogP contribution is -2.43. The second-order valence-electron chi connectivity index (χ2n) is 8.95. The van der Waals surface area contributed by atoms with Gasteiger partial charge in [-0.2, -0.15) is 0 Å². The molecule has 2 N–H and O–H groups in total. The number of carbonyl (C=O) groups is 1. The first-order valence-electron chi connectivity index (χ1n) is 13.2. The van der Waals surface area contributed by atoms with Gasteiger partial charge in [0.25, 0.3) is 0 Å². The van der Waals surface area contributed by atoms with E-state index in [2.05, 4.69) is 25.7 Å². The first kappa shape index (κ1) is 28.4. The van der Waals surface area contributed by atoms with Crippen molar-refractivity contribution in [2.75, 3.05) is 13.1 Å². The number of hydrogen-bond donors (Lipinski definition) is 1. The standard InChI is InChI=1S/C26H54N2O/c1-4-7-9-11-13-14-15-17-19-22-26(29)28(24-23-27)25(20-6-3)21-18-16-12-10-8-5-2/h25H,4-24,27H2,1-3H3. The van der Waals surface area contributed by atoms with Crippen molar-refractivity contribution >= 4 is 5.91 Å². The van der Waals surface area contributed by atoms with Gasteiger partial charge in [-0.05, 0) is 19.3 Å². The van der Waals surface area contributed by atoms with Gasteiger partial charge >= 0.3 is 0 Å². The van der Waals surface area contributed by atoms with Crippen molar-refractivity contribution < 1.29 is 4.79 Å². The topological polar surface area (TPSA) is 46.3 Å². The Morgan fingerprint density at radius 2 is 1.14 bits per heavy atom. The van der Waals surface area contributed by atoms with Gasteiger partial charge in [-0.25, -0.2) is 0 Å². The smallest absolute Gasteiger partial charge is 0.222 e. The third-order valence-corrected chi connectivity index (χ3v) is 6.14. The highest BCUT2D eigenvalue weighted by atomic mass is 16.2. The van der Waals surface area contributed by atoms with Crippen LogP contribution in [0, 0.1) is 0 Å². The van der Waals surface area contributed by atoms with Gasteiger partial charge in [-0.15, -0.1) is 0 Å². The zero-order valence-corrected chi connectivity index (χ0v) is 20.4. The summed E-state index contributed by atoms with van der Waals surface area (Å²) in [7, 11) is 0. The molecule has 0 aromatic rings. The highest BCUT2D eigenvalue weighted by Gasteiger charge is 2.21. The number of hydrogen-bond acceptors (Lipinski definition) is 2. The lowest BCUT2D eigenvalue weighted by molar-refractivity contribution is -0.133. The molecule has 0 spiro atoms. The van der Waals surface area contributed by atoms with Gasteiger partial charge in [0.1, 0.15) is 0 Å². The van der Waals surface area contributed by atoms with E-state index >= 15 is 0 Å². The zero-order chi connectivity index (χ0) is 21.6. The van der Waals surface area contributed by atoms with Gasteiger partial charge in [0.15, 0.2) is 0 Å². The number of rotatable bonds is 22. The maximum absolute atomic E-state index is 12.9. The average Bonchev–Trinajstić information content (AvgIpc) is 2.72. The van der Waals surface area contributed by atoms with Gasteiger partial charge in [-0.1, -0.05) is 117 Å². The van der Waals surface area contributed by atoms with E-state index in [1.165, 1.54) is 89.9 Å². The Hall–Kier alpha value is -0.570. The lowest BCUT2D eigenvalue weighted by Gasteiger charge is -2.32. The fourth-order valence-electron chi connectivity index (χ4n) is 4.33. The average molecular weight is 411 g/mol. The summed E-state index contributed by atoms with van der Waals surface area (Å²) in [6.07, 6.45) is 23.8. The van der Waals surface area contributed by atoms with Crippen LogP contribution in [0.25, 0.3) is 0 Å². The van der Waals surface area contributed by atoms with E-state index in [9.17, 15) is 4.79 Å². The van der Waals surface area contributed by atoms with Gasteiger partial charge < -0.3 is 10.6 Å². The summed E-state index contributed by atoms with van der Waals surface area (Å²) in [4.78, 5) is 15.0. The van der Waals surface area contributed by atoms with Crippen molar-refractivity contribution in [3.8, 4) is 0 Å². The second kappa shape index (κ2) is 22.1. The molecule has 0 aliphatic rings. The van der Waals surface area contributed by atoms with Crippen LogP contribution in [-0.4, -0.2) is 29.9 Å². The molecule has 0 aromatic heterocycles. The van der Waals surface area contributed by atoms with E-state index in [1.807, 2.05) is 0 Å². The van der Waals surface area contributed by atoms with Crippen LogP contribution in [0.15, 0.2) is 0 Å². The van der Waals surface area contributed by atoms with E-state index in [0.717, 1.165) is 32.2 Å². The van der Waals surface area contributed by atoms with E-state index in [1.54, 1.807) is 0 Å². The van der Waals surface area contributed by atoms with Crippen LogP contribution in [0.2, 0.25) is 0 Å². The summed E-state index contributed by atoms with van der Waals surface area (Å²) in [5.74, 6) is 0.350. The highest BCUT2D eigenvalue weighted by Crippen LogP contribution is 2.19. The first-order valence-corrected chi connectivity index (χ1v) is 13.2. The van der Waals surface area contributed by atoms with Crippen LogP contribution < -0.4 is 5.73 Å². The molecular formula is C26H54N2O. The molecule has 0 saturated heterocycles. The van der Waals surface area contributed by atoms with Crippen LogP contribution >= 0.6 is 0 Å². The van der Waals surface area contributed by atoms with Crippen molar-refractivity contribution in [3.05, 3.63) is 0 Å². The summed E-state index contributed by atoms with van der Waals surface area (Å²) in [6.45, 7) is 8.08. The molecule has 0 rings (SSSR count). The van der Waals surface area contributed by atoms with Crippen LogP contribution in [0.1, 0.15) is 143 Å². The molecule has 0 saturated carbocycles. The quantitative estimate of drug-likeness (QED) is 0.187. The summed E-state index contributed by atoms with van der Waals surface area (Å²) < 4.78 is 0. The Kier molecular flexibility index (Phi) is 21.7. The molecule has 0 aliphatic heterocycles. The molecule has 0 heterocycles.